The number of hydrogen-bond donors (Lipinski definition) is 2. The van der Waals surface area contributed by atoms with Gasteiger partial charge < -0.3 is 10.6 Å². The van der Waals surface area contributed by atoms with E-state index >= 15 is 0 Å². The van der Waals surface area contributed by atoms with Gasteiger partial charge in [0.2, 0.25) is 0 Å². The Kier molecular flexibility index (Phi) is 4.48. The third-order valence-corrected chi connectivity index (χ3v) is 4.35. The summed E-state index contributed by atoms with van der Waals surface area (Å²) in [5.74, 6) is 0.700. The smallest absolute Gasteiger partial charge is 0.251 e. The number of carbonyl (C=O) groups is 1. The Labute approximate surface area is 122 Å². The minimum atomic E-state index is -0.0318. The van der Waals surface area contributed by atoms with Crippen molar-refractivity contribution in [3.05, 3.63) is 35.4 Å². The van der Waals surface area contributed by atoms with Crippen molar-refractivity contribution in [2.24, 2.45) is 11.3 Å². The second-order valence-electron chi connectivity index (χ2n) is 6.81. The Morgan fingerprint density at radius 3 is 2.40 bits per heavy atom. The monoisotopic (exact) mass is 274 g/mol. The van der Waals surface area contributed by atoms with E-state index in [1.54, 1.807) is 7.05 Å². The summed E-state index contributed by atoms with van der Waals surface area (Å²) in [5, 5.41) is 6.30. The van der Waals surface area contributed by atoms with Crippen LogP contribution in [-0.2, 0) is 6.54 Å². The molecule has 1 aliphatic rings. The molecule has 0 bridgehead atoms. The number of rotatable bonds is 4. The number of hydrogen-bond acceptors (Lipinski definition) is 2. The first kappa shape index (κ1) is 15.0. The van der Waals surface area contributed by atoms with Crippen LogP contribution in [0.1, 0.15) is 49.5 Å². The molecule has 0 aliphatic heterocycles. The molecular weight excluding hydrogens is 248 g/mol. The second-order valence-corrected chi connectivity index (χ2v) is 6.81. The standard InChI is InChI=1S/C17H26N2O/c1-12-9-17(2,3)10-15(12)19-11-13-5-7-14(8-6-13)16(20)18-4/h5-8,12,15,19H,9-11H2,1-4H3,(H,18,20). The van der Waals surface area contributed by atoms with Crippen LogP contribution in [0.3, 0.4) is 0 Å². The van der Waals surface area contributed by atoms with Gasteiger partial charge in [-0.3, -0.25) is 4.79 Å². The molecule has 1 fully saturated rings. The molecule has 0 saturated heterocycles. The topological polar surface area (TPSA) is 41.1 Å². The molecule has 2 rings (SSSR count). The van der Waals surface area contributed by atoms with Gasteiger partial charge in [-0.1, -0.05) is 32.9 Å². The number of amides is 1. The van der Waals surface area contributed by atoms with Crippen molar-refractivity contribution in [1.29, 1.82) is 0 Å². The third-order valence-electron chi connectivity index (χ3n) is 4.35. The fraction of sp³-hybridized carbons (Fsp3) is 0.588. The zero-order valence-electron chi connectivity index (χ0n) is 13.0. The summed E-state index contributed by atoms with van der Waals surface area (Å²) in [6.07, 6.45) is 2.53. The zero-order valence-corrected chi connectivity index (χ0v) is 13.0. The van der Waals surface area contributed by atoms with Gasteiger partial charge in [0.1, 0.15) is 0 Å². The zero-order chi connectivity index (χ0) is 14.8. The molecule has 1 aromatic carbocycles. The predicted molar refractivity (Wildman–Crippen MR) is 82.6 cm³/mol. The molecule has 1 amide bonds. The summed E-state index contributed by atoms with van der Waals surface area (Å²) in [6.45, 7) is 7.91. The number of nitrogens with one attached hydrogen (secondary N) is 2. The molecule has 1 saturated carbocycles. The van der Waals surface area contributed by atoms with E-state index in [0.717, 1.165) is 12.5 Å². The average Bonchev–Trinajstić information content (AvgIpc) is 2.69. The van der Waals surface area contributed by atoms with Gasteiger partial charge in [-0.25, -0.2) is 0 Å². The van der Waals surface area contributed by atoms with Gasteiger partial charge in [-0.15, -0.1) is 0 Å². The molecule has 1 aromatic rings. The van der Waals surface area contributed by atoms with Gasteiger partial charge in [0, 0.05) is 25.2 Å². The predicted octanol–water partition coefficient (Wildman–Crippen LogP) is 2.96. The highest BCUT2D eigenvalue weighted by molar-refractivity contribution is 5.93. The van der Waals surface area contributed by atoms with E-state index in [2.05, 4.69) is 31.4 Å². The molecule has 3 nitrogen and oxygen atoms in total. The lowest BCUT2D eigenvalue weighted by molar-refractivity contribution is 0.0963. The first-order chi connectivity index (χ1) is 9.41. The van der Waals surface area contributed by atoms with Gasteiger partial charge in [-0.05, 0) is 41.9 Å². The van der Waals surface area contributed by atoms with Crippen LogP contribution in [0.5, 0.6) is 0 Å². The first-order valence-corrected chi connectivity index (χ1v) is 7.46. The Bertz CT molecular complexity index is 464. The highest BCUT2D eigenvalue weighted by Crippen LogP contribution is 2.40. The van der Waals surface area contributed by atoms with Gasteiger partial charge in [0.15, 0.2) is 0 Å². The Balaban J connectivity index is 1.90. The minimum absolute atomic E-state index is 0.0318. The van der Waals surface area contributed by atoms with E-state index in [1.165, 1.54) is 18.4 Å². The van der Waals surface area contributed by atoms with Crippen molar-refractivity contribution in [1.82, 2.24) is 10.6 Å². The molecule has 110 valence electrons. The van der Waals surface area contributed by atoms with E-state index in [-0.39, 0.29) is 5.91 Å². The van der Waals surface area contributed by atoms with Crippen LogP contribution in [0.25, 0.3) is 0 Å². The molecule has 2 unspecified atom stereocenters. The van der Waals surface area contributed by atoms with Crippen molar-refractivity contribution in [2.75, 3.05) is 7.05 Å². The van der Waals surface area contributed by atoms with Gasteiger partial charge >= 0.3 is 0 Å². The molecule has 0 aromatic heterocycles. The van der Waals surface area contributed by atoms with Crippen molar-refractivity contribution < 1.29 is 4.79 Å². The maximum atomic E-state index is 11.5. The van der Waals surface area contributed by atoms with Crippen LogP contribution in [0.15, 0.2) is 24.3 Å². The lowest BCUT2D eigenvalue weighted by atomic mass is 9.91. The summed E-state index contributed by atoms with van der Waals surface area (Å²) in [4.78, 5) is 11.5. The van der Waals surface area contributed by atoms with E-state index < -0.39 is 0 Å². The Morgan fingerprint density at radius 1 is 1.25 bits per heavy atom. The molecular formula is C17H26N2O. The summed E-state index contributed by atoms with van der Waals surface area (Å²) in [7, 11) is 1.65. The van der Waals surface area contributed by atoms with Gasteiger partial charge in [0.25, 0.3) is 5.91 Å². The lowest BCUT2D eigenvalue weighted by Gasteiger charge is -2.18. The molecule has 1 aliphatic carbocycles. The van der Waals surface area contributed by atoms with Crippen LogP contribution < -0.4 is 10.6 Å². The van der Waals surface area contributed by atoms with Crippen LogP contribution in [0.4, 0.5) is 0 Å². The molecule has 2 atom stereocenters. The van der Waals surface area contributed by atoms with Crippen molar-refractivity contribution in [2.45, 2.75) is 46.2 Å². The Hall–Kier alpha value is -1.35. The van der Waals surface area contributed by atoms with Gasteiger partial charge in [0.05, 0.1) is 0 Å². The summed E-state index contributed by atoms with van der Waals surface area (Å²) in [6, 6.07) is 8.43. The number of carbonyl (C=O) groups excluding carboxylic acids is 1. The van der Waals surface area contributed by atoms with Crippen LogP contribution in [-0.4, -0.2) is 19.0 Å². The summed E-state index contributed by atoms with van der Waals surface area (Å²) < 4.78 is 0. The highest BCUT2D eigenvalue weighted by Gasteiger charge is 2.36. The van der Waals surface area contributed by atoms with Gasteiger partial charge in [-0.2, -0.15) is 0 Å². The van der Waals surface area contributed by atoms with Crippen LogP contribution in [0.2, 0.25) is 0 Å². The molecule has 0 spiro atoms. The third kappa shape index (κ3) is 3.60. The fourth-order valence-corrected chi connectivity index (χ4v) is 3.33. The second kappa shape index (κ2) is 5.96. The van der Waals surface area contributed by atoms with E-state index in [1.807, 2.05) is 24.3 Å². The first-order valence-electron chi connectivity index (χ1n) is 7.46. The lowest BCUT2D eigenvalue weighted by Crippen LogP contribution is -2.31. The molecule has 20 heavy (non-hydrogen) atoms. The largest absolute Gasteiger partial charge is 0.355 e. The van der Waals surface area contributed by atoms with Crippen molar-refractivity contribution in [3.63, 3.8) is 0 Å². The summed E-state index contributed by atoms with van der Waals surface area (Å²) >= 11 is 0. The van der Waals surface area contributed by atoms with E-state index in [0.29, 0.717) is 17.0 Å². The van der Waals surface area contributed by atoms with E-state index in [9.17, 15) is 4.79 Å². The van der Waals surface area contributed by atoms with Crippen molar-refractivity contribution in [3.8, 4) is 0 Å². The average molecular weight is 274 g/mol. The maximum absolute atomic E-state index is 11.5. The molecule has 0 radical (unpaired) electrons. The summed E-state index contributed by atoms with van der Waals surface area (Å²) in [5.41, 5.74) is 2.40. The quantitative estimate of drug-likeness (QED) is 0.886. The SMILES string of the molecule is CNC(=O)c1ccc(CNC2CC(C)(C)CC2C)cc1. The minimum Gasteiger partial charge on any atom is -0.355 e. The maximum Gasteiger partial charge on any atom is 0.251 e. The van der Waals surface area contributed by atoms with E-state index in [4.69, 9.17) is 0 Å². The van der Waals surface area contributed by atoms with Crippen LogP contribution >= 0.6 is 0 Å². The highest BCUT2D eigenvalue weighted by atomic mass is 16.1. The fourth-order valence-electron chi connectivity index (χ4n) is 3.33. The molecule has 3 heteroatoms. The van der Waals surface area contributed by atoms with Crippen molar-refractivity contribution >= 4 is 5.91 Å². The Morgan fingerprint density at radius 2 is 1.90 bits per heavy atom. The number of benzene rings is 1. The molecule has 0 heterocycles. The van der Waals surface area contributed by atoms with Crippen LogP contribution in [0, 0.1) is 11.3 Å². The molecule has 2 N–H and O–H groups in total. The normalized spacial score (nSPS) is 24.6.